The van der Waals surface area contributed by atoms with Crippen molar-refractivity contribution in [2.75, 3.05) is 13.6 Å². The highest BCUT2D eigenvalue weighted by atomic mass is 19.4. The number of halogens is 3. The van der Waals surface area contributed by atoms with E-state index >= 15 is 0 Å². The summed E-state index contributed by atoms with van der Waals surface area (Å²) in [4.78, 5) is 11.1. The summed E-state index contributed by atoms with van der Waals surface area (Å²) >= 11 is 0. The van der Waals surface area contributed by atoms with Crippen LogP contribution in [0.2, 0.25) is 0 Å². The van der Waals surface area contributed by atoms with Crippen LogP contribution < -0.4 is 10.6 Å². The molecular formula is C7H13F3N2O. The third-order valence-electron chi connectivity index (χ3n) is 1.64. The molecule has 0 aliphatic heterocycles. The second kappa shape index (κ2) is 3.95. The molecule has 2 N–H and O–H groups in total. The quantitative estimate of drug-likeness (QED) is 0.699. The first-order valence-electron chi connectivity index (χ1n) is 3.73. The van der Waals surface area contributed by atoms with E-state index in [0.717, 1.165) is 0 Å². The lowest BCUT2D eigenvalue weighted by atomic mass is 10.1. The fraction of sp³-hybridized carbons (Fsp3) is 0.857. The van der Waals surface area contributed by atoms with Crippen molar-refractivity contribution in [3.63, 3.8) is 0 Å². The summed E-state index contributed by atoms with van der Waals surface area (Å²) in [5.74, 6) is -0.674. The molecule has 0 aromatic carbocycles. The summed E-state index contributed by atoms with van der Waals surface area (Å²) in [5, 5.41) is 4.39. The van der Waals surface area contributed by atoms with Gasteiger partial charge >= 0.3 is 6.18 Å². The van der Waals surface area contributed by atoms with E-state index in [1.807, 2.05) is 0 Å². The molecule has 13 heavy (non-hydrogen) atoms. The lowest BCUT2D eigenvalue weighted by Gasteiger charge is -2.23. The van der Waals surface area contributed by atoms with Gasteiger partial charge in [0.1, 0.15) is 6.54 Å². The molecule has 0 saturated heterocycles. The largest absolute Gasteiger partial charge is 0.405 e. The number of amides is 1. The maximum atomic E-state index is 11.7. The monoisotopic (exact) mass is 198 g/mol. The second-order valence-corrected chi connectivity index (χ2v) is 3.17. The molecule has 0 bridgehead atoms. The SMILES string of the molecule is CNC(C)(C)C(=O)NCC(F)(F)F. The summed E-state index contributed by atoms with van der Waals surface area (Å²) in [6, 6.07) is 0. The average Bonchev–Trinajstić information content (AvgIpc) is 1.98. The zero-order chi connectivity index (χ0) is 10.7. The standard InChI is InChI=1S/C7H13F3N2O/c1-6(2,11-3)5(13)12-4-7(8,9)10/h11H,4H2,1-3H3,(H,12,13). The topological polar surface area (TPSA) is 41.1 Å². The number of alkyl halides is 3. The zero-order valence-corrected chi connectivity index (χ0v) is 7.75. The number of hydrogen-bond donors (Lipinski definition) is 2. The first-order chi connectivity index (χ1) is 5.69. The van der Waals surface area contributed by atoms with Crippen molar-refractivity contribution < 1.29 is 18.0 Å². The minimum Gasteiger partial charge on any atom is -0.345 e. The van der Waals surface area contributed by atoms with Crippen LogP contribution in [0.5, 0.6) is 0 Å². The van der Waals surface area contributed by atoms with Gasteiger partial charge in [-0.3, -0.25) is 4.79 Å². The minimum atomic E-state index is -4.36. The number of nitrogens with one attached hydrogen (secondary N) is 2. The summed E-state index contributed by atoms with van der Waals surface area (Å²) < 4.78 is 35.0. The van der Waals surface area contributed by atoms with E-state index in [1.165, 1.54) is 20.9 Å². The van der Waals surface area contributed by atoms with Crippen LogP contribution in [-0.2, 0) is 4.79 Å². The Morgan fingerprint density at radius 1 is 1.31 bits per heavy atom. The van der Waals surface area contributed by atoms with Gasteiger partial charge in [0.2, 0.25) is 5.91 Å². The molecule has 0 rings (SSSR count). The molecule has 0 atom stereocenters. The normalized spacial score (nSPS) is 12.8. The Morgan fingerprint density at radius 2 is 1.77 bits per heavy atom. The van der Waals surface area contributed by atoms with Crippen molar-refractivity contribution in [1.82, 2.24) is 10.6 Å². The van der Waals surface area contributed by atoms with Crippen LogP contribution in [0.4, 0.5) is 13.2 Å². The Morgan fingerprint density at radius 3 is 2.08 bits per heavy atom. The van der Waals surface area contributed by atoms with E-state index in [9.17, 15) is 18.0 Å². The maximum absolute atomic E-state index is 11.7. The Bertz CT molecular complexity index is 189. The number of hydrogen-bond acceptors (Lipinski definition) is 2. The van der Waals surface area contributed by atoms with Gasteiger partial charge in [-0.25, -0.2) is 0 Å². The first kappa shape index (κ1) is 12.2. The molecule has 0 aliphatic carbocycles. The van der Waals surface area contributed by atoms with E-state index in [0.29, 0.717) is 0 Å². The predicted octanol–water partition coefficient (Wildman–Crippen LogP) is 0.663. The molecule has 0 aromatic heterocycles. The predicted molar refractivity (Wildman–Crippen MR) is 42.2 cm³/mol. The molecule has 0 saturated carbocycles. The summed E-state index contributed by atoms with van der Waals surface area (Å²) in [7, 11) is 1.51. The summed E-state index contributed by atoms with van der Waals surface area (Å²) in [6.45, 7) is 1.70. The van der Waals surface area contributed by atoms with E-state index in [4.69, 9.17) is 0 Å². The van der Waals surface area contributed by atoms with Crippen molar-refractivity contribution in [2.45, 2.75) is 25.6 Å². The van der Waals surface area contributed by atoms with Gasteiger partial charge in [0.25, 0.3) is 0 Å². The molecule has 0 radical (unpaired) electrons. The molecule has 3 nitrogen and oxygen atoms in total. The third-order valence-corrected chi connectivity index (χ3v) is 1.64. The average molecular weight is 198 g/mol. The molecule has 0 aliphatic rings. The van der Waals surface area contributed by atoms with Crippen LogP contribution >= 0.6 is 0 Å². The van der Waals surface area contributed by atoms with Crippen molar-refractivity contribution in [3.8, 4) is 0 Å². The highest BCUT2D eigenvalue weighted by Gasteiger charge is 2.31. The molecular weight excluding hydrogens is 185 g/mol. The molecule has 6 heteroatoms. The lowest BCUT2D eigenvalue weighted by molar-refractivity contribution is -0.141. The maximum Gasteiger partial charge on any atom is 0.405 e. The number of rotatable bonds is 3. The lowest BCUT2D eigenvalue weighted by Crippen LogP contribution is -2.52. The molecule has 0 fully saturated rings. The Hall–Kier alpha value is -0.780. The molecule has 0 heterocycles. The van der Waals surface area contributed by atoms with Crippen molar-refractivity contribution in [2.24, 2.45) is 0 Å². The Labute approximate surface area is 74.7 Å². The highest BCUT2D eigenvalue weighted by Crippen LogP contribution is 2.12. The van der Waals surface area contributed by atoms with Crippen LogP contribution in [-0.4, -0.2) is 31.2 Å². The summed E-state index contributed by atoms with van der Waals surface area (Å²) in [6.07, 6.45) is -4.36. The summed E-state index contributed by atoms with van der Waals surface area (Å²) in [5.41, 5.74) is -0.981. The fourth-order valence-corrected chi connectivity index (χ4v) is 0.515. The van der Waals surface area contributed by atoms with Crippen LogP contribution in [0.25, 0.3) is 0 Å². The van der Waals surface area contributed by atoms with Crippen molar-refractivity contribution >= 4 is 5.91 Å². The van der Waals surface area contributed by atoms with Gasteiger partial charge in [-0.2, -0.15) is 13.2 Å². The van der Waals surface area contributed by atoms with Crippen LogP contribution in [0, 0.1) is 0 Å². The Balaban J connectivity index is 4.03. The van der Waals surface area contributed by atoms with Crippen molar-refractivity contribution in [1.29, 1.82) is 0 Å². The second-order valence-electron chi connectivity index (χ2n) is 3.17. The number of likely N-dealkylation sites (N-methyl/N-ethyl adjacent to an activating group) is 1. The third kappa shape index (κ3) is 4.72. The minimum absolute atomic E-state index is 0.674. The van der Waals surface area contributed by atoms with Gasteiger partial charge in [0.15, 0.2) is 0 Å². The van der Waals surface area contributed by atoms with Gasteiger partial charge in [0, 0.05) is 0 Å². The van der Waals surface area contributed by atoms with Gasteiger partial charge in [0.05, 0.1) is 5.54 Å². The molecule has 1 amide bonds. The van der Waals surface area contributed by atoms with Gasteiger partial charge in [-0.15, -0.1) is 0 Å². The molecule has 0 aromatic rings. The van der Waals surface area contributed by atoms with Gasteiger partial charge in [-0.1, -0.05) is 0 Å². The van der Waals surface area contributed by atoms with Crippen molar-refractivity contribution in [3.05, 3.63) is 0 Å². The van der Waals surface area contributed by atoms with Crippen LogP contribution in [0.1, 0.15) is 13.8 Å². The van der Waals surface area contributed by atoms with Crippen LogP contribution in [0.15, 0.2) is 0 Å². The Kier molecular flexibility index (Phi) is 3.71. The molecule has 78 valence electrons. The fourth-order valence-electron chi connectivity index (χ4n) is 0.515. The van der Waals surface area contributed by atoms with Gasteiger partial charge < -0.3 is 10.6 Å². The highest BCUT2D eigenvalue weighted by molar-refractivity contribution is 5.85. The van der Waals surface area contributed by atoms with E-state index in [2.05, 4.69) is 5.32 Å². The van der Waals surface area contributed by atoms with E-state index in [-0.39, 0.29) is 0 Å². The molecule has 0 unspecified atom stereocenters. The first-order valence-corrected chi connectivity index (χ1v) is 3.73. The molecule has 0 spiro atoms. The zero-order valence-electron chi connectivity index (χ0n) is 7.75. The number of carbonyl (C=O) groups is 1. The van der Waals surface area contributed by atoms with Crippen LogP contribution in [0.3, 0.4) is 0 Å². The smallest absolute Gasteiger partial charge is 0.345 e. The van der Waals surface area contributed by atoms with Gasteiger partial charge in [-0.05, 0) is 20.9 Å². The number of carbonyl (C=O) groups excluding carboxylic acids is 1. The van der Waals surface area contributed by atoms with E-state index < -0.39 is 24.2 Å². The van der Waals surface area contributed by atoms with E-state index in [1.54, 1.807) is 5.32 Å².